The smallest absolute Gasteiger partial charge is 0.317 e. The molecule has 0 aromatic heterocycles. The monoisotopic (exact) mass is 373 g/mol. The predicted octanol–water partition coefficient (Wildman–Crippen LogP) is 2.82. The maximum absolute atomic E-state index is 12.3. The van der Waals surface area contributed by atoms with Gasteiger partial charge in [0.1, 0.15) is 0 Å². The molecule has 1 aromatic carbocycles. The van der Waals surface area contributed by atoms with Crippen molar-refractivity contribution in [3.8, 4) is 0 Å². The average Bonchev–Trinajstić information content (AvgIpc) is 3.21. The second-order valence-electron chi connectivity index (χ2n) is 7.43. The van der Waals surface area contributed by atoms with E-state index in [0.717, 1.165) is 36.9 Å². The first-order valence-electron chi connectivity index (χ1n) is 9.68. The molecule has 1 aromatic rings. The van der Waals surface area contributed by atoms with Crippen LogP contribution in [0.1, 0.15) is 44.1 Å². The van der Waals surface area contributed by atoms with Crippen LogP contribution in [-0.4, -0.2) is 41.0 Å². The van der Waals surface area contributed by atoms with Crippen molar-refractivity contribution >= 4 is 23.6 Å². The van der Waals surface area contributed by atoms with Gasteiger partial charge in [-0.3, -0.25) is 9.59 Å². The number of aliphatic carboxylic acids is 1. The largest absolute Gasteiger partial charge is 0.481 e. The Kier molecular flexibility index (Phi) is 6.32. The van der Waals surface area contributed by atoms with Gasteiger partial charge in [-0.25, -0.2) is 4.79 Å². The SMILES string of the molecule is O=C(O)C1CCN(C(=O)NCc2cccc(NC(=O)C3CCCC3)c2)CC1. The van der Waals surface area contributed by atoms with Gasteiger partial charge in [0.25, 0.3) is 0 Å². The number of amides is 3. The summed E-state index contributed by atoms with van der Waals surface area (Å²) in [6.45, 7) is 1.28. The van der Waals surface area contributed by atoms with E-state index in [1.54, 1.807) is 4.90 Å². The third-order valence-electron chi connectivity index (χ3n) is 5.50. The number of hydrogen-bond acceptors (Lipinski definition) is 3. The zero-order valence-corrected chi connectivity index (χ0v) is 15.4. The molecule has 146 valence electrons. The van der Waals surface area contributed by atoms with Gasteiger partial charge in [0.2, 0.25) is 5.91 Å². The zero-order valence-electron chi connectivity index (χ0n) is 15.4. The van der Waals surface area contributed by atoms with Crippen molar-refractivity contribution in [1.82, 2.24) is 10.2 Å². The zero-order chi connectivity index (χ0) is 19.2. The van der Waals surface area contributed by atoms with Crippen LogP contribution in [0.2, 0.25) is 0 Å². The lowest BCUT2D eigenvalue weighted by Crippen LogP contribution is -2.45. The summed E-state index contributed by atoms with van der Waals surface area (Å²) >= 11 is 0. The number of carbonyl (C=O) groups excluding carboxylic acids is 2. The Labute approximate surface area is 159 Å². The van der Waals surface area contributed by atoms with Crippen LogP contribution in [0.15, 0.2) is 24.3 Å². The normalized spacial score (nSPS) is 18.3. The fourth-order valence-corrected chi connectivity index (χ4v) is 3.81. The molecule has 7 heteroatoms. The number of carboxylic acid groups (broad SMARTS) is 1. The number of carboxylic acids is 1. The van der Waals surface area contributed by atoms with E-state index in [1.807, 2.05) is 24.3 Å². The van der Waals surface area contributed by atoms with Gasteiger partial charge in [-0.05, 0) is 43.4 Å². The Morgan fingerprint density at radius 1 is 1.04 bits per heavy atom. The van der Waals surface area contributed by atoms with Gasteiger partial charge in [0.15, 0.2) is 0 Å². The number of piperidine rings is 1. The molecule has 0 bridgehead atoms. The Balaban J connectivity index is 1.47. The van der Waals surface area contributed by atoms with E-state index in [4.69, 9.17) is 5.11 Å². The number of nitrogens with one attached hydrogen (secondary N) is 2. The average molecular weight is 373 g/mol. The summed E-state index contributed by atoms with van der Waals surface area (Å²) in [6, 6.07) is 7.32. The predicted molar refractivity (Wildman–Crippen MR) is 101 cm³/mol. The van der Waals surface area contributed by atoms with E-state index in [1.165, 1.54) is 0 Å². The molecule has 2 aliphatic rings. The Bertz CT molecular complexity index is 692. The van der Waals surface area contributed by atoms with E-state index in [-0.39, 0.29) is 23.8 Å². The van der Waals surface area contributed by atoms with Gasteiger partial charge >= 0.3 is 12.0 Å². The molecule has 27 heavy (non-hydrogen) atoms. The van der Waals surface area contributed by atoms with E-state index in [9.17, 15) is 14.4 Å². The number of nitrogens with zero attached hydrogens (tertiary/aromatic N) is 1. The number of carbonyl (C=O) groups is 3. The van der Waals surface area contributed by atoms with E-state index >= 15 is 0 Å². The summed E-state index contributed by atoms with van der Waals surface area (Å²) < 4.78 is 0. The first-order valence-corrected chi connectivity index (χ1v) is 9.68. The third kappa shape index (κ3) is 5.21. The number of urea groups is 1. The van der Waals surface area contributed by atoms with E-state index in [2.05, 4.69) is 10.6 Å². The van der Waals surface area contributed by atoms with Gasteiger partial charge in [0.05, 0.1) is 5.92 Å². The van der Waals surface area contributed by atoms with Gasteiger partial charge in [-0.15, -0.1) is 0 Å². The van der Waals surface area contributed by atoms with Crippen LogP contribution in [0, 0.1) is 11.8 Å². The van der Waals surface area contributed by atoms with Crippen LogP contribution in [0.25, 0.3) is 0 Å². The van der Waals surface area contributed by atoms with Crippen LogP contribution in [0.3, 0.4) is 0 Å². The van der Waals surface area contributed by atoms with Gasteiger partial charge in [-0.1, -0.05) is 25.0 Å². The highest BCUT2D eigenvalue weighted by Gasteiger charge is 2.27. The minimum absolute atomic E-state index is 0.0787. The summed E-state index contributed by atoms with van der Waals surface area (Å²) in [7, 11) is 0. The van der Waals surface area contributed by atoms with Crippen molar-refractivity contribution in [3.63, 3.8) is 0 Å². The van der Waals surface area contributed by atoms with Crippen LogP contribution in [0.5, 0.6) is 0 Å². The van der Waals surface area contributed by atoms with Gasteiger partial charge in [-0.2, -0.15) is 0 Å². The molecule has 0 radical (unpaired) electrons. The Morgan fingerprint density at radius 3 is 2.41 bits per heavy atom. The number of rotatable bonds is 5. The highest BCUT2D eigenvalue weighted by atomic mass is 16.4. The fraction of sp³-hybridized carbons (Fsp3) is 0.550. The van der Waals surface area contributed by atoms with Crippen LogP contribution in [-0.2, 0) is 16.1 Å². The summed E-state index contributed by atoms with van der Waals surface area (Å²) in [5.41, 5.74) is 1.66. The summed E-state index contributed by atoms with van der Waals surface area (Å²) in [5.74, 6) is -0.946. The van der Waals surface area contributed by atoms with Gasteiger partial charge in [0, 0.05) is 31.2 Å². The van der Waals surface area contributed by atoms with Crippen LogP contribution in [0.4, 0.5) is 10.5 Å². The van der Waals surface area contributed by atoms with E-state index < -0.39 is 5.97 Å². The fourth-order valence-electron chi connectivity index (χ4n) is 3.81. The first kappa shape index (κ1) is 19.2. The molecular weight excluding hydrogens is 346 g/mol. The second kappa shape index (κ2) is 8.88. The standard InChI is InChI=1S/C20H27N3O4/c24-18(15-5-1-2-6-15)22-17-7-3-4-14(12-17)13-21-20(27)23-10-8-16(9-11-23)19(25)26/h3-4,7,12,15-16H,1-2,5-6,8-11,13H2,(H,21,27)(H,22,24)(H,25,26). The van der Waals surface area contributed by atoms with Crippen molar-refractivity contribution in [2.24, 2.45) is 11.8 Å². The first-order chi connectivity index (χ1) is 13.0. The topological polar surface area (TPSA) is 98.7 Å². The molecule has 0 unspecified atom stereocenters. The number of anilines is 1. The van der Waals surface area contributed by atoms with Crippen molar-refractivity contribution in [3.05, 3.63) is 29.8 Å². The molecule has 1 saturated carbocycles. The van der Waals surface area contributed by atoms with Crippen LogP contribution < -0.4 is 10.6 Å². The van der Waals surface area contributed by atoms with Gasteiger partial charge < -0.3 is 20.6 Å². The molecule has 1 heterocycles. The molecule has 3 amide bonds. The summed E-state index contributed by atoms with van der Waals surface area (Å²) in [6.07, 6.45) is 5.14. The molecule has 0 spiro atoms. The maximum atomic E-state index is 12.3. The third-order valence-corrected chi connectivity index (χ3v) is 5.50. The number of hydrogen-bond donors (Lipinski definition) is 3. The maximum Gasteiger partial charge on any atom is 0.317 e. The summed E-state index contributed by atoms with van der Waals surface area (Å²) in [5, 5.41) is 14.9. The molecule has 1 aliphatic carbocycles. The van der Waals surface area contributed by atoms with Crippen molar-refractivity contribution in [2.75, 3.05) is 18.4 Å². The molecule has 3 N–H and O–H groups in total. The molecule has 1 aliphatic heterocycles. The molecule has 7 nitrogen and oxygen atoms in total. The Morgan fingerprint density at radius 2 is 1.74 bits per heavy atom. The van der Waals surface area contributed by atoms with E-state index in [0.29, 0.717) is 32.5 Å². The van der Waals surface area contributed by atoms with Crippen molar-refractivity contribution in [2.45, 2.75) is 45.1 Å². The lowest BCUT2D eigenvalue weighted by Gasteiger charge is -2.30. The second-order valence-corrected chi connectivity index (χ2v) is 7.43. The minimum atomic E-state index is -0.786. The highest BCUT2D eigenvalue weighted by molar-refractivity contribution is 5.92. The molecule has 1 saturated heterocycles. The quantitative estimate of drug-likeness (QED) is 0.739. The van der Waals surface area contributed by atoms with Crippen molar-refractivity contribution < 1.29 is 19.5 Å². The summed E-state index contributed by atoms with van der Waals surface area (Å²) in [4.78, 5) is 37.2. The molecule has 3 rings (SSSR count). The minimum Gasteiger partial charge on any atom is -0.481 e. The number of likely N-dealkylation sites (tertiary alicyclic amines) is 1. The highest BCUT2D eigenvalue weighted by Crippen LogP contribution is 2.26. The molecule has 0 atom stereocenters. The van der Waals surface area contributed by atoms with Crippen molar-refractivity contribution in [1.29, 1.82) is 0 Å². The number of benzene rings is 1. The molecule has 2 fully saturated rings. The lowest BCUT2D eigenvalue weighted by atomic mass is 9.97. The lowest BCUT2D eigenvalue weighted by molar-refractivity contribution is -0.143. The Hall–Kier alpha value is -2.57. The molecular formula is C20H27N3O4. The van der Waals surface area contributed by atoms with Crippen LogP contribution >= 0.6 is 0 Å².